The minimum absolute atomic E-state index is 0.161. The smallest absolute Gasteiger partial charge is 0.0826 e. The molecule has 1 heterocycles. The van der Waals surface area contributed by atoms with E-state index in [1.165, 1.54) is 0 Å². The molecule has 1 aliphatic rings. The fraction of sp³-hybridized carbons (Fsp3) is 1.00. The molecular formula is C13H27ClN2O. The maximum absolute atomic E-state index is 5.90. The third-order valence-electron chi connectivity index (χ3n) is 3.24. The minimum Gasteiger partial charge on any atom is -0.374 e. The van der Waals surface area contributed by atoms with Gasteiger partial charge in [0.1, 0.15) is 0 Å². The van der Waals surface area contributed by atoms with Gasteiger partial charge in [-0.3, -0.25) is 4.90 Å². The van der Waals surface area contributed by atoms with Gasteiger partial charge in [-0.2, -0.15) is 0 Å². The number of nitrogens with zero attached hydrogens (tertiary/aromatic N) is 1. The van der Waals surface area contributed by atoms with E-state index in [1.54, 1.807) is 0 Å². The monoisotopic (exact) mass is 262 g/mol. The average molecular weight is 263 g/mol. The van der Waals surface area contributed by atoms with Crippen LogP contribution in [0.3, 0.4) is 0 Å². The van der Waals surface area contributed by atoms with E-state index in [4.69, 9.17) is 16.3 Å². The van der Waals surface area contributed by atoms with Gasteiger partial charge < -0.3 is 10.1 Å². The zero-order chi connectivity index (χ0) is 12.9. The second-order valence-corrected chi connectivity index (χ2v) is 6.28. The molecule has 1 rings (SSSR count). The molecular weight excluding hydrogens is 236 g/mol. The Bertz CT molecular complexity index is 221. The molecule has 1 aliphatic heterocycles. The Morgan fingerprint density at radius 3 is 2.76 bits per heavy atom. The quantitative estimate of drug-likeness (QED) is 0.741. The maximum Gasteiger partial charge on any atom is 0.0826 e. The van der Waals surface area contributed by atoms with Gasteiger partial charge in [0.2, 0.25) is 0 Å². The molecule has 0 aromatic carbocycles. The summed E-state index contributed by atoms with van der Waals surface area (Å²) >= 11 is 5.90. The molecule has 0 aromatic heterocycles. The number of rotatable bonds is 6. The Morgan fingerprint density at radius 1 is 1.47 bits per heavy atom. The number of nitrogens with one attached hydrogen (secondary N) is 1. The minimum atomic E-state index is 0.161. The lowest BCUT2D eigenvalue weighted by molar-refractivity contribution is -0.0376. The van der Waals surface area contributed by atoms with Gasteiger partial charge in [0.15, 0.2) is 0 Å². The summed E-state index contributed by atoms with van der Waals surface area (Å²) in [7, 11) is 0. The molecule has 102 valence electrons. The van der Waals surface area contributed by atoms with E-state index < -0.39 is 0 Å². The van der Waals surface area contributed by atoms with Crippen LogP contribution in [0.15, 0.2) is 0 Å². The maximum atomic E-state index is 5.90. The SMILES string of the molecule is CC(C)N1CCOC(CNCC(C)(C)CCl)C1. The Morgan fingerprint density at radius 2 is 2.18 bits per heavy atom. The second-order valence-electron chi connectivity index (χ2n) is 6.01. The van der Waals surface area contributed by atoms with E-state index in [9.17, 15) is 0 Å². The van der Waals surface area contributed by atoms with Crippen molar-refractivity contribution in [3.8, 4) is 0 Å². The van der Waals surface area contributed by atoms with Crippen molar-refractivity contribution in [1.29, 1.82) is 0 Å². The topological polar surface area (TPSA) is 24.5 Å². The van der Waals surface area contributed by atoms with Crippen molar-refractivity contribution >= 4 is 11.6 Å². The van der Waals surface area contributed by atoms with Crippen molar-refractivity contribution in [3.63, 3.8) is 0 Å². The first-order valence-electron chi connectivity index (χ1n) is 6.57. The van der Waals surface area contributed by atoms with E-state index in [1.807, 2.05) is 0 Å². The molecule has 3 nitrogen and oxygen atoms in total. The summed E-state index contributed by atoms with van der Waals surface area (Å²) in [4.78, 5) is 2.47. The molecule has 0 bridgehead atoms. The van der Waals surface area contributed by atoms with Crippen LogP contribution in [0.1, 0.15) is 27.7 Å². The fourth-order valence-electron chi connectivity index (χ4n) is 1.95. The van der Waals surface area contributed by atoms with E-state index >= 15 is 0 Å². The largest absolute Gasteiger partial charge is 0.374 e. The number of halogens is 1. The van der Waals surface area contributed by atoms with Crippen LogP contribution in [-0.2, 0) is 4.74 Å². The molecule has 0 amide bonds. The predicted octanol–water partition coefficient (Wildman–Crippen LogP) is 1.95. The lowest BCUT2D eigenvalue weighted by Gasteiger charge is -2.36. The normalized spacial score (nSPS) is 23.3. The third-order valence-corrected chi connectivity index (χ3v) is 3.96. The molecule has 1 fully saturated rings. The van der Waals surface area contributed by atoms with Crippen LogP contribution in [0, 0.1) is 5.41 Å². The van der Waals surface area contributed by atoms with Crippen molar-refractivity contribution < 1.29 is 4.74 Å². The number of morpholine rings is 1. The van der Waals surface area contributed by atoms with Gasteiger partial charge in [-0.15, -0.1) is 11.6 Å². The number of alkyl halides is 1. The van der Waals surface area contributed by atoms with Crippen LogP contribution in [0.2, 0.25) is 0 Å². The first kappa shape index (κ1) is 15.2. The predicted molar refractivity (Wildman–Crippen MR) is 73.8 cm³/mol. The first-order chi connectivity index (χ1) is 7.94. The number of ether oxygens (including phenoxy) is 1. The van der Waals surface area contributed by atoms with E-state index in [0.29, 0.717) is 18.0 Å². The zero-order valence-electron chi connectivity index (χ0n) is 11.6. The highest BCUT2D eigenvalue weighted by molar-refractivity contribution is 6.18. The summed E-state index contributed by atoms with van der Waals surface area (Å²) in [6.07, 6.45) is 0.317. The summed E-state index contributed by atoms with van der Waals surface area (Å²) in [5, 5.41) is 3.47. The number of hydrogen-bond acceptors (Lipinski definition) is 3. The lowest BCUT2D eigenvalue weighted by atomic mass is 9.96. The van der Waals surface area contributed by atoms with Crippen molar-refractivity contribution in [2.24, 2.45) is 5.41 Å². The van der Waals surface area contributed by atoms with Crippen LogP contribution in [0.25, 0.3) is 0 Å². The third kappa shape index (κ3) is 5.56. The highest BCUT2D eigenvalue weighted by Gasteiger charge is 2.23. The highest BCUT2D eigenvalue weighted by atomic mass is 35.5. The number of hydrogen-bond donors (Lipinski definition) is 1. The summed E-state index contributed by atoms with van der Waals surface area (Å²) in [5.74, 6) is 0.684. The lowest BCUT2D eigenvalue weighted by Crippen LogP contribution is -2.49. The van der Waals surface area contributed by atoms with Gasteiger partial charge in [-0.25, -0.2) is 0 Å². The Labute approximate surface area is 111 Å². The average Bonchev–Trinajstić information content (AvgIpc) is 2.29. The molecule has 4 heteroatoms. The molecule has 0 aromatic rings. The highest BCUT2D eigenvalue weighted by Crippen LogP contribution is 2.15. The fourth-order valence-corrected chi connectivity index (χ4v) is 2.05. The summed E-state index contributed by atoms with van der Waals surface area (Å²) in [6, 6.07) is 0.612. The van der Waals surface area contributed by atoms with Gasteiger partial charge in [-0.1, -0.05) is 13.8 Å². The van der Waals surface area contributed by atoms with Crippen LogP contribution in [-0.4, -0.2) is 55.7 Å². The van der Waals surface area contributed by atoms with Gasteiger partial charge in [0.05, 0.1) is 12.7 Å². The molecule has 1 atom stereocenters. The van der Waals surface area contributed by atoms with E-state index in [-0.39, 0.29) is 5.41 Å². The molecule has 0 radical (unpaired) electrons. The zero-order valence-corrected chi connectivity index (χ0v) is 12.4. The molecule has 1 unspecified atom stereocenters. The van der Waals surface area contributed by atoms with E-state index in [2.05, 4.69) is 37.9 Å². The van der Waals surface area contributed by atoms with Crippen LogP contribution < -0.4 is 5.32 Å². The van der Waals surface area contributed by atoms with E-state index in [0.717, 1.165) is 32.8 Å². The van der Waals surface area contributed by atoms with Gasteiger partial charge in [0, 0.05) is 38.1 Å². The molecule has 0 spiro atoms. The van der Waals surface area contributed by atoms with Gasteiger partial charge >= 0.3 is 0 Å². The molecule has 1 N–H and O–H groups in total. The van der Waals surface area contributed by atoms with Crippen molar-refractivity contribution in [1.82, 2.24) is 10.2 Å². The van der Waals surface area contributed by atoms with Crippen molar-refractivity contribution in [3.05, 3.63) is 0 Å². The molecule has 0 aliphatic carbocycles. The summed E-state index contributed by atoms with van der Waals surface area (Å²) in [6.45, 7) is 13.6. The van der Waals surface area contributed by atoms with Crippen molar-refractivity contribution in [2.75, 3.05) is 38.7 Å². The molecule has 0 saturated carbocycles. The van der Waals surface area contributed by atoms with Crippen molar-refractivity contribution in [2.45, 2.75) is 39.8 Å². The summed E-state index contributed by atoms with van der Waals surface area (Å²) < 4.78 is 5.77. The second kappa shape index (κ2) is 6.93. The van der Waals surface area contributed by atoms with Crippen LogP contribution in [0.5, 0.6) is 0 Å². The van der Waals surface area contributed by atoms with Crippen LogP contribution in [0.4, 0.5) is 0 Å². The first-order valence-corrected chi connectivity index (χ1v) is 7.10. The Kier molecular flexibility index (Phi) is 6.21. The Hall–Kier alpha value is 0.170. The summed E-state index contributed by atoms with van der Waals surface area (Å²) in [5.41, 5.74) is 0.161. The Balaban J connectivity index is 2.23. The standard InChI is InChI=1S/C13H27ClN2O/c1-11(2)16-5-6-17-12(8-16)7-15-10-13(3,4)9-14/h11-12,15H,5-10H2,1-4H3. The van der Waals surface area contributed by atoms with Gasteiger partial charge in [-0.05, 0) is 19.3 Å². The molecule has 17 heavy (non-hydrogen) atoms. The molecule has 1 saturated heterocycles. The van der Waals surface area contributed by atoms with Gasteiger partial charge in [0.25, 0.3) is 0 Å². The van der Waals surface area contributed by atoms with Crippen LogP contribution >= 0.6 is 11.6 Å².